The highest BCUT2D eigenvalue weighted by Crippen LogP contribution is 2.37. The Morgan fingerprint density at radius 2 is 2.15 bits per heavy atom. The summed E-state index contributed by atoms with van der Waals surface area (Å²) in [6.45, 7) is 9.35. The van der Waals surface area contributed by atoms with Crippen molar-refractivity contribution in [3.8, 4) is 0 Å². The summed E-state index contributed by atoms with van der Waals surface area (Å²) >= 11 is 0. The molecule has 2 atom stereocenters. The second-order valence-electron chi connectivity index (χ2n) is 4.44. The molecule has 0 aliphatic heterocycles. The Labute approximate surface area is 82.7 Å². The lowest BCUT2D eigenvalue weighted by atomic mass is 10.3. The number of hydrogen-bond donors (Lipinski definition) is 1. The van der Waals surface area contributed by atoms with Crippen LogP contribution in [0.15, 0.2) is 0 Å². The van der Waals surface area contributed by atoms with Crippen molar-refractivity contribution < 1.29 is 0 Å². The molecule has 78 valence electrons. The topological polar surface area (TPSA) is 15.3 Å². The Balaban J connectivity index is 1.89. The van der Waals surface area contributed by atoms with Crippen molar-refractivity contribution in [1.82, 2.24) is 10.2 Å². The van der Waals surface area contributed by atoms with E-state index < -0.39 is 0 Å². The van der Waals surface area contributed by atoms with Crippen LogP contribution in [0.1, 0.15) is 26.7 Å². The van der Waals surface area contributed by atoms with E-state index in [0.29, 0.717) is 0 Å². The highest BCUT2D eigenvalue weighted by Gasteiger charge is 2.32. The molecule has 13 heavy (non-hydrogen) atoms. The molecule has 2 unspecified atom stereocenters. The largest absolute Gasteiger partial charge is 0.317 e. The zero-order valence-corrected chi connectivity index (χ0v) is 9.34. The van der Waals surface area contributed by atoms with Crippen LogP contribution in [0.2, 0.25) is 0 Å². The van der Waals surface area contributed by atoms with Crippen LogP contribution in [0.3, 0.4) is 0 Å². The minimum Gasteiger partial charge on any atom is -0.317 e. The molecule has 0 heterocycles. The predicted molar refractivity (Wildman–Crippen MR) is 57.9 cm³/mol. The van der Waals surface area contributed by atoms with Gasteiger partial charge in [0.2, 0.25) is 0 Å². The van der Waals surface area contributed by atoms with Gasteiger partial charge in [0.05, 0.1) is 0 Å². The highest BCUT2D eigenvalue weighted by molar-refractivity contribution is 4.84. The molecular weight excluding hydrogens is 160 g/mol. The van der Waals surface area contributed by atoms with Gasteiger partial charge in [0, 0.05) is 6.54 Å². The molecule has 1 rings (SSSR count). The van der Waals surface area contributed by atoms with Crippen LogP contribution < -0.4 is 5.32 Å². The van der Waals surface area contributed by atoms with E-state index in [0.717, 1.165) is 18.4 Å². The lowest BCUT2D eigenvalue weighted by molar-refractivity contribution is 0.309. The number of nitrogens with one attached hydrogen (secondary N) is 1. The molecule has 1 aliphatic carbocycles. The van der Waals surface area contributed by atoms with E-state index >= 15 is 0 Å². The molecule has 0 aromatic heterocycles. The smallest absolute Gasteiger partial charge is 0.000927 e. The van der Waals surface area contributed by atoms with Crippen LogP contribution >= 0.6 is 0 Å². The zero-order valence-electron chi connectivity index (χ0n) is 9.34. The van der Waals surface area contributed by atoms with Gasteiger partial charge in [0.1, 0.15) is 0 Å². The monoisotopic (exact) mass is 184 g/mol. The van der Waals surface area contributed by atoms with Crippen LogP contribution in [0.25, 0.3) is 0 Å². The van der Waals surface area contributed by atoms with Gasteiger partial charge in [-0.1, -0.05) is 13.8 Å². The van der Waals surface area contributed by atoms with Gasteiger partial charge in [-0.2, -0.15) is 0 Å². The first-order valence-corrected chi connectivity index (χ1v) is 5.63. The lowest BCUT2D eigenvalue weighted by Gasteiger charge is -2.16. The van der Waals surface area contributed by atoms with Crippen LogP contribution in [-0.2, 0) is 0 Å². The van der Waals surface area contributed by atoms with Crippen molar-refractivity contribution in [3.05, 3.63) is 0 Å². The first-order valence-electron chi connectivity index (χ1n) is 5.63. The molecule has 0 aromatic rings. The maximum absolute atomic E-state index is 3.35. The summed E-state index contributed by atoms with van der Waals surface area (Å²) in [5.41, 5.74) is 0. The second-order valence-corrected chi connectivity index (χ2v) is 4.44. The molecule has 2 heteroatoms. The van der Waals surface area contributed by atoms with E-state index in [4.69, 9.17) is 0 Å². The molecule has 1 N–H and O–H groups in total. The van der Waals surface area contributed by atoms with E-state index in [1.807, 2.05) is 0 Å². The highest BCUT2D eigenvalue weighted by atomic mass is 15.1. The third-order valence-corrected chi connectivity index (χ3v) is 2.97. The maximum Gasteiger partial charge on any atom is 0.000927 e. The number of rotatable bonds is 7. The molecule has 0 saturated heterocycles. The van der Waals surface area contributed by atoms with Gasteiger partial charge in [-0.05, 0) is 51.4 Å². The number of nitrogens with zero attached hydrogens (tertiary/aromatic N) is 1. The van der Waals surface area contributed by atoms with E-state index in [-0.39, 0.29) is 0 Å². The summed E-state index contributed by atoms with van der Waals surface area (Å²) in [6, 6.07) is 0. The molecule has 0 aromatic carbocycles. The average Bonchev–Trinajstić information content (AvgIpc) is 2.76. The fourth-order valence-corrected chi connectivity index (χ4v) is 1.80. The molecule has 0 bridgehead atoms. The molecule has 0 radical (unpaired) electrons. The van der Waals surface area contributed by atoms with Crippen molar-refractivity contribution in [2.75, 3.05) is 33.2 Å². The molecule has 0 spiro atoms. The van der Waals surface area contributed by atoms with Crippen LogP contribution in [0, 0.1) is 11.8 Å². The van der Waals surface area contributed by atoms with Gasteiger partial charge in [-0.15, -0.1) is 0 Å². The fourth-order valence-electron chi connectivity index (χ4n) is 1.80. The first-order chi connectivity index (χ1) is 6.24. The lowest BCUT2D eigenvalue weighted by Crippen LogP contribution is -2.26. The predicted octanol–water partition coefficient (Wildman–Crippen LogP) is 1.57. The van der Waals surface area contributed by atoms with E-state index in [1.165, 1.54) is 32.5 Å². The van der Waals surface area contributed by atoms with E-state index in [2.05, 4.69) is 31.1 Å². The Hall–Kier alpha value is -0.0800. The fraction of sp³-hybridized carbons (Fsp3) is 1.00. The van der Waals surface area contributed by atoms with Crippen LogP contribution in [0.5, 0.6) is 0 Å². The summed E-state index contributed by atoms with van der Waals surface area (Å²) < 4.78 is 0. The summed E-state index contributed by atoms with van der Waals surface area (Å²) in [6.07, 6.45) is 2.74. The quantitative estimate of drug-likeness (QED) is 0.604. The van der Waals surface area contributed by atoms with Gasteiger partial charge in [-0.25, -0.2) is 0 Å². The standard InChI is InChI=1S/C11H24N2/c1-4-12-6-5-7-13(3)9-11-8-10(11)2/h10-12H,4-9H2,1-3H3. The van der Waals surface area contributed by atoms with Crippen LogP contribution in [-0.4, -0.2) is 38.1 Å². The molecule has 1 saturated carbocycles. The zero-order chi connectivity index (χ0) is 9.68. The average molecular weight is 184 g/mol. The normalized spacial score (nSPS) is 26.8. The van der Waals surface area contributed by atoms with Gasteiger partial charge in [0.15, 0.2) is 0 Å². The molecule has 2 nitrogen and oxygen atoms in total. The van der Waals surface area contributed by atoms with Crippen molar-refractivity contribution in [3.63, 3.8) is 0 Å². The van der Waals surface area contributed by atoms with Gasteiger partial charge < -0.3 is 10.2 Å². The molecule has 1 aliphatic rings. The van der Waals surface area contributed by atoms with Gasteiger partial charge in [-0.3, -0.25) is 0 Å². The van der Waals surface area contributed by atoms with Crippen molar-refractivity contribution in [2.45, 2.75) is 26.7 Å². The van der Waals surface area contributed by atoms with Gasteiger partial charge in [0.25, 0.3) is 0 Å². The van der Waals surface area contributed by atoms with Crippen LogP contribution in [0.4, 0.5) is 0 Å². The summed E-state index contributed by atoms with van der Waals surface area (Å²) in [4.78, 5) is 2.48. The van der Waals surface area contributed by atoms with Crippen molar-refractivity contribution >= 4 is 0 Å². The first kappa shape index (κ1) is 11.0. The van der Waals surface area contributed by atoms with E-state index in [9.17, 15) is 0 Å². The second kappa shape index (κ2) is 5.61. The molecule has 1 fully saturated rings. The Morgan fingerprint density at radius 1 is 1.46 bits per heavy atom. The summed E-state index contributed by atoms with van der Waals surface area (Å²) in [7, 11) is 2.25. The van der Waals surface area contributed by atoms with Gasteiger partial charge >= 0.3 is 0 Å². The minimum absolute atomic E-state index is 0.996. The Bertz CT molecular complexity index is 136. The SMILES string of the molecule is CCNCCCN(C)CC1CC1C. The van der Waals surface area contributed by atoms with Crippen molar-refractivity contribution in [2.24, 2.45) is 11.8 Å². The third kappa shape index (κ3) is 4.63. The molecular formula is C11H24N2. The summed E-state index contributed by atoms with van der Waals surface area (Å²) in [5, 5.41) is 3.35. The Kier molecular flexibility index (Phi) is 4.74. The van der Waals surface area contributed by atoms with Crippen molar-refractivity contribution in [1.29, 1.82) is 0 Å². The molecule has 0 amide bonds. The maximum atomic E-state index is 3.35. The number of hydrogen-bond acceptors (Lipinski definition) is 2. The summed E-state index contributed by atoms with van der Waals surface area (Å²) in [5.74, 6) is 2.00. The Morgan fingerprint density at radius 3 is 2.69 bits per heavy atom. The third-order valence-electron chi connectivity index (χ3n) is 2.97. The van der Waals surface area contributed by atoms with E-state index in [1.54, 1.807) is 0 Å². The minimum atomic E-state index is 0.996.